The quantitative estimate of drug-likeness (QED) is 0.292. The largest absolute Gasteiger partial charge is 0.448 e. The van der Waals surface area contributed by atoms with E-state index in [-0.39, 0.29) is 31.7 Å². The molecule has 1 atom stereocenters. The van der Waals surface area contributed by atoms with E-state index in [0.717, 1.165) is 0 Å². The van der Waals surface area contributed by atoms with Gasteiger partial charge in [-0.05, 0) is 12.1 Å². The lowest BCUT2D eigenvalue weighted by atomic mass is 9.86. The number of carbonyl (C=O) groups excluding carboxylic acids is 3. The van der Waals surface area contributed by atoms with Crippen LogP contribution in [0, 0.1) is 5.41 Å². The molecule has 1 aromatic rings. The third-order valence-electron chi connectivity index (χ3n) is 3.92. The molecule has 1 aromatic heterocycles. The number of rotatable bonds is 12. The van der Waals surface area contributed by atoms with Gasteiger partial charge in [0.25, 0.3) is 16.0 Å². The van der Waals surface area contributed by atoms with Gasteiger partial charge in [0.05, 0.1) is 17.9 Å². The van der Waals surface area contributed by atoms with Crippen molar-refractivity contribution in [3.8, 4) is 0 Å². The van der Waals surface area contributed by atoms with Gasteiger partial charge < -0.3 is 20.1 Å². The number of carbonyl (C=O) groups is 3. The van der Waals surface area contributed by atoms with Crippen molar-refractivity contribution in [1.82, 2.24) is 15.6 Å². The van der Waals surface area contributed by atoms with Crippen LogP contribution in [0.3, 0.4) is 0 Å². The highest BCUT2D eigenvalue weighted by molar-refractivity contribution is 7.85. The smallest absolute Gasteiger partial charge is 0.340 e. The minimum absolute atomic E-state index is 0.0689. The number of amides is 2. The van der Waals surface area contributed by atoms with Gasteiger partial charge in [0.2, 0.25) is 5.91 Å². The SMILES string of the molecule is COCC(C)(C)[C@@H](OC(=O)c1cccnc1)C(=O)NCCC(=O)NCCS(=O)(=O)O. The van der Waals surface area contributed by atoms with Crippen molar-refractivity contribution in [1.29, 1.82) is 0 Å². The minimum Gasteiger partial charge on any atom is -0.448 e. The van der Waals surface area contributed by atoms with Gasteiger partial charge >= 0.3 is 5.97 Å². The van der Waals surface area contributed by atoms with Crippen LogP contribution in [0.2, 0.25) is 0 Å². The van der Waals surface area contributed by atoms with Crippen LogP contribution >= 0.6 is 0 Å². The number of aromatic nitrogens is 1. The average molecular weight is 445 g/mol. The third kappa shape index (κ3) is 9.29. The van der Waals surface area contributed by atoms with E-state index in [1.807, 2.05) is 0 Å². The van der Waals surface area contributed by atoms with E-state index < -0.39 is 45.2 Å². The minimum atomic E-state index is -4.17. The van der Waals surface area contributed by atoms with Crippen LogP contribution in [0.1, 0.15) is 30.6 Å². The highest BCUT2D eigenvalue weighted by Crippen LogP contribution is 2.25. The third-order valence-corrected chi connectivity index (χ3v) is 4.64. The number of ether oxygens (including phenoxy) is 2. The molecule has 0 aliphatic carbocycles. The molecule has 1 heterocycles. The second-order valence-electron chi connectivity index (χ2n) is 7.13. The van der Waals surface area contributed by atoms with Crippen molar-refractivity contribution >= 4 is 27.9 Å². The lowest BCUT2D eigenvalue weighted by Gasteiger charge is -2.32. The molecule has 0 aliphatic heterocycles. The van der Waals surface area contributed by atoms with Crippen molar-refractivity contribution in [2.75, 3.05) is 32.6 Å². The summed E-state index contributed by atoms with van der Waals surface area (Å²) < 4.78 is 40.4. The molecule has 0 spiro atoms. The zero-order valence-electron chi connectivity index (χ0n) is 17.1. The second kappa shape index (κ2) is 11.6. The molecule has 0 saturated carbocycles. The van der Waals surface area contributed by atoms with Crippen LogP contribution in [-0.4, -0.2) is 74.4 Å². The molecule has 168 valence electrons. The summed E-state index contributed by atoms with van der Waals surface area (Å²) in [5.74, 6) is -2.46. The topological polar surface area (TPSA) is 161 Å². The molecule has 2 amide bonds. The molecule has 1 rings (SSSR count). The van der Waals surface area contributed by atoms with E-state index in [4.69, 9.17) is 14.0 Å². The van der Waals surface area contributed by atoms with Gasteiger partial charge in [-0.15, -0.1) is 0 Å². The predicted octanol–water partition coefficient (Wildman–Crippen LogP) is -0.210. The summed E-state index contributed by atoms with van der Waals surface area (Å²) in [7, 11) is -2.72. The maximum atomic E-state index is 12.7. The first-order valence-corrected chi connectivity index (χ1v) is 10.7. The van der Waals surface area contributed by atoms with E-state index in [9.17, 15) is 22.8 Å². The van der Waals surface area contributed by atoms with Gasteiger partial charge in [-0.25, -0.2) is 4.79 Å². The summed E-state index contributed by atoms with van der Waals surface area (Å²) in [5.41, 5.74) is -0.684. The molecule has 30 heavy (non-hydrogen) atoms. The summed E-state index contributed by atoms with van der Waals surface area (Å²) >= 11 is 0. The zero-order valence-corrected chi connectivity index (χ0v) is 17.9. The Balaban J connectivity index is 2.67. The van der Waals surface area contributed by atoms with E-state index in [2.05, 4.69) is 15.6 Å². The van der Waals surface area contributed by atoms with Gasteiger partial charge in [-0.2, -0.15) is 8.42 Å². The van der Waals surface area contributed by atoms with Crippen LogP contribution in [0.15, 0.2) is 24.5 Å². The number of methoxy groups -OCH3 is 1. The Morgan fingerprint density at radius 2 is 1.93 bits per heavy atom. The second-order valence-corrected chi connectivity index (χ2v) is 8.70. The van der Waals surface area contributed by atoms with E-state index in [1.54, 1.807) is 19.9 Å². The molecule has 12 heteroatoms. The molecule has 0 saturated heterocycles. The van der Waals surface area contributed by atoms with Gasteiger partial charge in [-0.3, -0.25) is 19.1 Å². The molecule has 0 aromatic carbocycles. The molecular weight excluding hydrogens is 418 g/mol. The van der Waals surface area contributed by atoms with Crippen molar-refractivity contribution in [2.24, 2.45) is 5.41 Å². The standard InChI is InChI=1S/C18H27N3O8S/c1-18(2,12-28-3)15(29-17(24)13-5-4-7-19-11-13)16(23)21-8-6-14(22)20-9-10-30(25,26)27/h4-5,7,11,15H,6,8-10,12H2,1-3H3,(H,20,22)(H,21,23)(H,25,26,27)/t15-/m0/s1. The molecule has 0 radical (unpaired) electrons. The fourth-order valence-electron chi connectivity index (χ4n) is 2.47. The maximum Gasteiger partial charge on any atom is 0.340 e. The summed E-state index contributed by atoms with van der Waals surface area (Å²) in [6.07, 6.45) is 1.48. The Kier molecular flexibility index (Phi) is 9.82. The molecule has 11 nitrogen and oxygen atoms in total. The highest BCUT2D eigenvalue weighted by Gasteiger charge is 2.39. The lowest BCUT2D eigenvalue weighted by molar-refractivity contribution is -0.138. The van der Waals surface area contributed by atoms with Gasteiger partial charge in [0.15, 0.2) is 6.10 Å². The Bertz CT molecular complexity index is 827. The monoisotopic (exact) mass is 445 g/mol. The Labute approximate surface area is 175 Å². The first-order valence-electron chi connectivity index (χ1n) is 9.06. The van der Waals surface area contributed by atoms with Gasteiger partial charge in [0.1, 0.15) is 0 Å². The number of pyridine rings is 1. The Morgan fingerprint density at radius 1 is 1.23 bits per heavy atom. The predicted molar refractivity (Wildman–Crippen MR) is 106 cm³/mol. The van der Waals surface area contributed by atoms with E-state index >= 15 is 0 Å². The Morgan fingerprint density at radius 3 is 2.50 bits per heavy atom. The molecule has 3 N–H and O–H groups in total. The molecule has 0 aliphatic rings. The highest BCUT2D eigenvalue weighted by atomic mass is 32.2. The van der Waals surface area contributed by atoms with Crippen molar-refractivity contribution in [3.63, 3.8) is 0 Å². The normalized spacial score (nSPS) is 12.7. The van der Waals surface area contributed by atoms with Crippen molar-refractivity contribution < 1.29 is 36.8 Å². The van der Waals surface area contributed by atoms with Crippen LogP contribution < -0.4 is 10.6 Å². The summed E-state index contributed by atoms with van der Waals surface area (Å²) in [6.45, 7) is 3.19. The van der Waals surface area contributed by atoms with Crippen LogP contribution in [0.4, 0.5) is 0 Å². The van der Waals surface area contributed by atoms with Crippen molar-refractivity contribution in [3.05, 3.63) is 30.1 Å². The molecule has 0 bridgehead atoms. The number of esters is 1. The van der Waals surface area contributed by atoms with Crippen LogP contribution in [-0.2, 0) is 29.2 Å². The Hall–Kier alpha value is -2.57. The van der Waals surface area contributed by atoms with E-state index in [0.29, 0.717) is 0 Å². The number of hydrogen-bond donors (Lipinski definition) is 3. The summed E-state index contributed by atoms with van der Waals surface area (Å²) in [4.78, 5) is 40.6. The fraction of sp³-hybridized carbons (Fsp3) is 0.556. The number of nitrogens with one attached hydrogen (secondary N) is 2. The van der Waals surface area contributed by atoms with Gasteiger partial charge in [0, 0.05) is 44.4 Å². The van der Waals surface area contributed by atoms with E-state index in [1.165, 1.54) is 25.6 Å². The van der Waals surface area contributed by atoms with Gasteiger partial charge in [-0.1, -0.05) is 13.8 Å². The summed E-state index contributed by atoms with van der Waals surface area (Å²) in [6, 6.07) is 3.07. The maximum absolute atomic E-state index is 12.7. The zero-order chi connectivity index (χ0) is 22.8. The first kappa shape index (κ1) is 25.5. The molecule has 0 fully saturated rings. The summed E-state index contributed by atoms with van der Waals surface area (Å²) in [5, 5.41) is 4.83. The molecular formula is C18H27N3O8S. The van der Waals surface area contributed by atoms with Crippen molar-refractivity contribution in [2.45, 2.75) is 26.4 Å². The molecule has 0 unspecified atom stereocenters. The average Bonchev–Trinajstić information content (AvgIpc) is 2.65. The lowest BCUT2D eigenvalue weighted by Crippen LogP contribution is -2.49. The van der Waals surface area contributed by atoms with Crippen LogP contribution in [0.5, 0.6) is 0 Å². The number of nitrogens with zero attached hydrogens (tertiary/aromatic N) is 1. The van der Waals surface area contributed by atoms with Crippen LogP contribution in [0.25, 0.3) is 0 Å². The fourth-order valence-corrected chi connectivity index (χ4v) is 2.83. The number of hydrogen-bond acceptors (Lipinski definition) is 8. The first-order chi connectivity index (χ1) is 14.0.